The van der Waals surface area contributed by atoms with Crippen molar-refractivity contribution < 1.29 is 9.18 Å². The molecule has 0 saturated carbocycles. The number of carbonyl (C=O) groups excluding carboxylic acids is 1. The molecule has 2 heterocycles. The number of benzene rings is 1. The number of anilines is 1. The van der Waals surface area contributed by atoms with Crippen molar-refractivity contribution >= 4 is 33.3 Å². The second-order valence-electron chi connectivity index (χ2n) is 5.19. The summed E-state index contributed by atoms with van der Waals surface area (Å²) < 4.78 is 13.2. The highest BCUT2D eigenvalue weighted by Crippen LogP contribution is 2.36. The van der Waals surface area contributed by atoms with E-state index < -0.39 is 0 Å². The Morgan fingerprint density at radius 2 is 2.04 bits per heavy atom. The number of thiophene rings is 1. The van der Waals surface area contributed by atoms with Crippen LogP contribution in [-0.2, 0) is 4.79 Å². The largest absolute Gasteiger partial charge is 0.369 e. The van der Waals surface area contributed by atoms with E-state index in [-0.39, 0.29) is 11.7 Å². The van der Waals surface area contributed by atoms with E-state index in [1.807, 2.05) is 12.3 Å². The zero-order valence-electron chi connectivity index (χ0n) is 13.2. The minimum Gasteiger partial charge on any atom is -0.369 e. The molecule has 1 amide bonds. The number of carbonyl (C=O) groups is 1. The lowest BCUT2D eigenvalue weighted by atomic mass is 10.1. The van der Waals surface area contributed by atoms with E-state index in [0.29, 0.717) is 25.3 Å². The summed E-state index contributed by atoms with van der Waals surface area (Å²) in [5.41, 5.74) is 1.86. The Hall–Kier alpha value is -2.54. The number of nitrogens with one attached hydrogen (secondary N) is 2. The molecule has 0 atom stereocenters. The van der Waals surface area contributed by atoms with Crippen molar-refractivity contribution in [3.63, 3.8) is 0 Å². The fourth-order valence-corrected chi connectivity index (χ4v) is 3.35. The highest BCUT2D eigenvalue weighted by molar-refractivity contribution is 7.17. The van der Waals surface area contributed by atoms with Crippen LogP contribution < -0.4 is 10.6 Å². The Morgan fingerprint density at radius 3 is 2.79 bits per heavy atom. The monoisotopic (exact) mass is 344 g/mol. The first-order valence-electron chi connectivity index (χ1n) is 7.67. The molecular formula is C17H17FN4OS. The maximum Gasteiger partial charge on any atom is 0.221 e. The molecule has 3 rings (SSSR count). The second kappa shape index (κ2) is 7.35. The molecule has 7 heteroatoms. The predicted octanol–water partition coefficient (Wildman–Crippen LogP) is 3.44. The molecule has 3 aromatic rings. The Bertz CT molecular complexity index is 847. The van der Waals surface area contributed by atoms with E-state index in [4.69, 9.17) is 0 Å². The summed E-state index contributed by atoms with van der Waals surface area (Å²) in [7, 11) is 0. The summed E-state index contributed by atoms with van der Waals surface area (Å²) in [6.07, 6.45) is 1.87. The molecule has 0 radical (unpaired) electrons. The summed E-state index contributed by atoms with van der Waals surface area (Å²) in [6.45, 7) is 2.99. The smallest absolute Gasteiger partial charge is 0.221 e. The van der Waals surface area contributed by atoms with E-state index in [9.17, 15) is 9.18 Å². The summed E-state index contributed by atoms with van der Waals surface area (Å²) in [4.78, 5) is 21.0. The highest BCUT2D eigenvalue weighted by atomic mass is 32.1. The van der Waals surface area contributed by atoms with Crippen LogP contribution in [0.4, 0.5) is 10.2 Å². The lowest BCUT2D eigenvalue weighted by Gasteiger charge is -2.08. The fourth-order valence-electron chi connectivity index (χ4n) is 2.43. The normalized spacial score (nSPS) is 10.8. The third kappa shape index (κ3) is 3.51. The average molecular weight is 344 g/mol. The van der Waals surface area contributed by atoms with Gasteiger partial charge in [-0.1, -0.05) is 12.1 Å². The van der Waals surface area contributed by atoms with Gasteiger partial charge in [0.05, 0.1) is 5.39 Å². The third-order valence-corrected chi connectivity index (χ3v) is 4.43. The molecule has 0 aliphatic rings. The van der Waals surface area contributed by atoms with Crippen LogP contribution >= 0.6 is 11.3 Å². The van der Waals surface area contributed by atoms with E-state index in [0.717, 1.165) is 21.3 Å². The van der Waals surface area contributed by atoms with Crippen LogP contribution in [0.1, 0.15) is 13.3 Å². The number of hydrogen-bond donors (Lipinski definition) is 2. The molecule has 0 aliphatic carbocycles. The van der Waals surface area contributed by atoms with Gasteiger partial charge in [-0.25, -0.2) is 14.4 Å². The van der Waals surface area contributed by atoms with Crippen molar-refractivity contribution in [3.05, 3.63) is 41.8 Å². The number of fused-ring (bicyclic) bond motifs is 1. The van der Waals surface area contributed by atoms with Crippen LogP contribution in [0.2, 0.25) is 0 Å². The number of nitrogens with zero attached hydrogens (tertiary/aromatic N) is 2. The van der Waals surface area contributed by atoms with Crippen molar-refractivity contribution in [3.8, 4) is 11.1 Å². The first-order valence-corrected chi connectivity index (χ1v) is 8.55. The van der Waals surface area contributed by atoms with E-state index >= 15 is 0 Å². The Morgan fingerprint density at radius 1 is 1.25 bits per heavy atom. The molecule has 0 saturated heterocycles. The molecule has 0 bridgehead atoms. The van der Waals surface area contributed by atoms with Gasteiger partial charge in [0.15, 0.2) is 0 Å². The van der Waals surface area contributed by atoms with E-state index in [1.165, 1.54) is 29.8 Å². The van der Waals surface area contributed by atoms with Crippen LogP contribution in [0.3, 0.4) is 0 Å². The molecule has 0 spiro atoms. The molecule has 1 aromatic carbocycles. The van der Waals surface area contributed by atoms with Crippen LogP contribution in [-0.4, -0.2) is 29.0 Å². The topological polar surface area (TPSA) is 66.9 Å². The van der Waals surface area contributed by atoms with Gasteiger partial charge in [0.1, 0.15) is 22.8 Å². The summed E-state index contributed by atoms with van der Waals surface area (Å²) in [6, 6.07) is 6.35. The van der Waals surface area contributed by atoms with Gasteiger partial charge < -0.3 is 10.6 Å². The molecule has 0 fully saturated rings. The highest BCUT2D eigenvalue weighted by Gasteiger charge is 2.13. The third-order valence-electron chi connectivity index (χ3n) is 3.54. The quantitative estimate of drug-likeness (QED) is 0.719. The minimum atomic E-state index is -0.269. The lowest BCUT2D eigenvalue weighted by molar-refractivity contribution is -0.120. The van der Waals surface area contributed by atoms with Crippen molar-refractivity contribution in [2.75, 3.05) is 18.4 Å². The van der Waals surface area contributed by atoms with Crippen LogP contribution in [0.25, 0.3) is 21.3 Å². The van der Waals surface area contributed by atoms with Gasteiger partial charge in [0, 0.05) is 30.5 Å². The number of amides is 1. The standard InChI is InChI=1S/C17H17FN4OS/c1-2-19-14(23)7-8-20-16-15-13(9-24-17(15)22-10-21-16)11-3-5-12(18)6-4-11/h3-6,9-10H,2,7-8H2,1H3,(H,19,23)(H,20,21,22). The molecule has 0 unspecified atom stereocenters. The molecular weight excluding hydrogens is 327 g/mol. The summed E-state index contributed by atoms with van der Waals surface area (Å²) in [5.74, 6) is 0.416. The van der Waals surface area contributed by atoms with Crippen LogP contribution in [0.15, 0.2) is 36.0 Å². The Kier molecular flexibility index (Phi) is 5.00. The number of hydrogen-bond acceptors (Lipinski definition) is 5. The zero-order valence-corrected chi connectivity index (χ0v) is 14.0. The predicted molar refractivity (Wildman–Crippen MR) is 94.6 cm³/mol. The zero-order chi connectivity index (χ0) is 16.9. The first kappa shape index (κ1) is 16.3. The molecule has 2 N–H and O–H groups in total. The maximum atomic E-state index is 13.2. The maximum absolute atomic E-state index is 13.2. The minimum absolute atomic E-state index is 0.000577. The van der Waals surface area contributed by atoms with Crippen molar-refractivity contribution in [1.82, 2.24) is 15.3 Å². The lowest BCUT2D eigenvalue weighted by Crippen LogP contribution is -2.24. The van der Waals surface area contributed by atoms with Gasteiger partial charge in [0.2, 0.25) is 5.91 Å². The Balaban J connectivity index is 1.87. The van der Waals surface area contributed by atoms with Crippen molar-refractivity contribution in [1.29, 1.82) is 0 Å². The molecule has 5 nitrogen and oxygen atoms in total. The number of rotatable bonds is 6. The van der Waals surface area contributed by atoms with Gasteiger partial charge >= 0.3 is 0 Å². The Labute approximate surface area is 143 Å². The molecule has 24 heavy (non-hydrogen) atoms. The number of halogens is 1. The van der Waals surface area contributed by atoms with Gasteiger partial charge in [-0.15, -0.1) is 11.3 Å². The second-order valence-corrected chi connectivity index (χ2v) is 6.05. The average Bonchev–Trinajstić information content (AvgIpc) is 3.01. The van der Waals surface area contributed by atoms with Gasteiger partial charge in [0.25, 0.3) is 0 Å². The number of aromatic nitrogens is 2. The fraction of sp³-hybridized carbons (Fsp3) is 0.235. The van der Waals surface area contributed by atoms with Crippen LogP contribution in [0.5, 0.6) is 0 Å². The molecule has 2 aromatic heterocycles. The van der Waals surface area contributed by atoms with Crippen molar-refractivity contribution in [2.24, 2.45) is 0 Å². The van der Waals surface area contributed by atoms with E-state index in [2.05, 4.69) is 20.6 Å². The SMILES string of the molecule is CCNC(=O)CCNc1ncnc2scc(-c3ccc(F)cc3)c12. The van der Waals surface area contributed by atoms with E-state index in [1.54, 1.807) is 12.1 Å². The van der Waals surface area contributed by atoms with Gasteiger partial charge in [-0.3, -0.25) is 4.79 Å². The summed E-state index contributed by atoms with van der Waals surface area (Å²) >= 11 is 1.51. The van der Waals surface area contributed by atoms with Crippen LogP contribution in [0, 0.1) is 5.82 Å². The van der Waals surface area contributed by atoms with Gasteiger partial charge in [-0.2, -0.15) is 0 Å². The first-order chi connectivity index (χ1) is 11.7. The van der Waals surface area contributed by atoms with Gasteiger partial charge in [-0.05, 0) is 24.6 Å². The summed E-state index contributed by atoms with van der Waals surface area (Å²) in [5, 5.41) is 8.85. The molecule has 0 aliphatic heterocycles. The van der Waals surface area contributed by atoms with Crippen molar-refractivity contribution in [2.45, 2.75) is 13.3 Å². The molecule has 124 valence electrons.